The van der Waals surface area contributed by atoms with Gasteiger partial charge in [0.25, 0.3) is 0 Å². The minimum absolute atomic E-state index is 0.0429. The van der Waals surface area contributed by atoms with E-state index < -0.39 is 0 Å². The van der Waals surface area contributed by atoms with Gasteiger partial charge in [-0.3, -0.25) is 0 Å². The molecule has 0 aliphatic carbocycles. The molecule has 0 bridgehead atoms. The molecular weight excluding hydrogens is 373 g/mol. The predicted octanol–water partition coefficient (Wildman–Crippen LogP) is 5.46. The largest absolute Gasteiger partial charge is 0.496 e. The van der Waals surface area contributed by atoms with E-state index in [1.165, 1.54) is 0 Å². The summed E-state index contributed by atoms with van der Waals surface area (Å²) in [5.74, 6) is 0.793. The Balaban J connectivity index is 2.55. The topological polar surface area (TPSA) is 21.3 Å². The molecule has 2 rings (SSSR count). The Kier molecular flexibility index (Phi) is 5.94. The molecule has 1 N–H and O–H groups in total. The van der Waals surface area contributed by atoms with Crippen LogP contribution in [0.15, 0.2) is 40.9 Å². The summed E-state index contributed by atoms with van der Waals surface area (Å²) in [5, 5.41) is 4.81. The van der Waals surface area contributed by atoms with Crippen LogP contribution < -0.4 is 10.1 Å². The van der Waals surface area contributed by atoms with Crippen LogP contribution in [0.5, 0.6) is 5.75 Å². The Morgan fingerprint density at radius 3 is 2.52 bits per heavy atom. The molecular formula is C16H16BrCl2NO. The predicted molar refractivity (Wildman–Crippen MR) is 92.7 cm³/mol. The first-order chi connectivity index (χ1) is 10.0. The minimum atomic E-state index is -0.0429. The van der Waals surface area contributed by atoms with E-state index in [9.17, 15) is 0 Å². The highest BCUT2D eigenvalue weighted by atomic mass is 79.9. The molecule has 2 aromatic rings. The average molecular weight is 389 g/mol. The molecule has 0 amide bonds. The smallest absolute Gasteiger partial charge is 0.124 e. The van der Waals surface area contributed by atoms with Gasteiger partial charge in [-0.2, -0.15) is 0 Å². The maximum atomic E-state index is 6.17. The van der Waals surface area contributed by atoms with Crippen LogP contribution in [0.25, 0.3) is 0 Å². The lowest BCUT2D eigenvalue weighted by Gasteiger charge is -2.22. The summed E-state index contributed by atoms with van der Waals surface area (Å²) in [6.45, 7) is 2.87. The number of nitrogens with one attached hydrogen (secondary N) is 1. The lowest BCUT2D eigenvalue weighted by molar-refractivity contribution is 0.404. The number of benzene rings is 2. The van der Waals surface area contributed by atoms with Crippen molar-refractivity contribution in [2.45, 2.75) is 13.0 Å². The van der Waals surface area contributed by atoms with Crippen molar-refractivity contribution in [1.82, 2.24) is 5.32 Å². The number of halogens is 3. The number of methoxy groups -OCH3 is 1. The molecule has 0 aliphatic rings. The van der Waals surface area contributed by atoms with Gasteiger partial charge in [-0.05, 0) is 48.5 Å². The lowest BCUT2D eigenvalue weighted by atomic mass is 9.97. The fraction of sp³-hybridized carbons (Fsp3) is 0.250. The van der Waals surface area contributed by atoms with Crippen LogP contribution in [0, 0.1) is 0 Å². The quantitative estimate of drug-likeness (QED) is 0.733. The summed E-state index contributed by atoms with van der Waals surface area (Å²) >= 11 is 15.8. The van der Waals surface area contributed by atoms with Crippen LogP contribution >= 0.6 is 39.1 Å². The Labute approximate surface area is 143 Å². The van der Waals surface area contributed by atoms with Crippen molar-refractivity contribution >= 4 is 39.1 Å². The zero-order valence-electron chi connectivity index (χ0n) is 11.8. The Morgan fingerprint density at radius 2 is 1.90 bits per heavy atom. The lowest BCUT2D eigenvalue weighted by Crippen LogP contribution is -2.22. The second-order valence-electron chi connectivity index (χ2n) is 4.58. The minimum Gasteiger partial charge on any atom is -0.496 e. The first kappa shape index (κ1) is 16.6. The first-order valence-electron chi connectivity index (χ1n) is 6.58. The van der Waals surface area contributed by atoms with E-state index in [1.807, 2.05) is 36.4 Å². The van der Waals surface area contributed by atoms with Gasteiger partial charge < -0.3 is 10.1 Å². The molecule has 0 fully saturated rings. The van der Waals surface area contributed by atoms with Crippen molar-refractivity contribution < 1.29 is 4.74 Å². The summed E-state index contributed by atoms with van der Waals surface area (Å²) in [6, 6.07) is 11.4. The molecule has 1 atom stereocenters. The molecule has 0 heterocycles. The molecule has 2 nitrogen and oxygen atoms in total. The van der Waals surface area contributed by atoms with Crippen LogP contribution in [0.1, 0.15) is 24.1 Å². The van der Waals surface area contributed by atoms with Gasteiger partial charge >= 0.3 is 0 Å². The van der Waals surface area contributed by atoms with E-state index in [2.05, 4.69) is 28.2 Å². The van der Waals surface area contributed by atoms with E-state index in [0.717, 1.165) is 27.9 Å². The maximum absolute atomic E-state index is 6.17. The maximum Gasteiger partial charge on any atom is 0.124 e. The number of ether oxygens (including phenoxy) is 1. The van der Waals surface area contributed by atoms with Crippen molar-refractivity contribution in [3.05, 3.63) is 62.0 Å². The van der Waals surface area contributed by atoms with Crippen molar-refractivity contribution in [3.63, 3.8) is 0 Å². The molecule has 0 aliphatic heterocycles. The zero-order chi connectivity index (χ0) is 15.4. The molecule has 1 unspecified atom stereocenters. The molecule has 112 valence electrons. The third-order valence-corrected chi connectivity index (χ3v) is 4.04. The van der Waals surface area contributed by atoms with Gasteiger partial charge in [0.1, 0.15) is 5.75 Å². The van der Waals surface area contributed by atoms with Gasteiger partial charge in [-0.1, -0.05) is 46.1 Å². The Bertz CT molecular complexity index is 613. The molecule has 0 aromatic heterocycles. The molecule has 0 saturated heterocycles. The van der Waals surface area contributed by atoms with Crippen molar-refractivity contribution in [2.75, 3.05) is 13.7 Å². The molecule has 0 radical (unpaired) electrons. The first-order valence-corrected chi connectivity index (χ1v) is 8.13. The Hall–Kier alpha value is -0.740. The summed E-state index contributed by atoms with van der Waals surface area (Å²) in [6.07, 6.45) is 0. The fourth-order valence-corrected chi connectivity index (χ4v) is 3.35. The van der Waals surface area contributed by atoms with E-state index >= 15 is 0 Å². The second-order valence-corrected chi connectivity index (χ2v) is 6.37. The van der Waals surface area contributed by atoms with Crippen molar-refractivity contribution in [2.24, 2.45) is 0 Å². The van der Waals surface area contributed by atoms with Crippen molar-refractivity contribution in [3.8, 4) is 5.75 Å². The van der Waals surface area contributed by atoms with E-state index in [0.29, 0.717) is 10.0 Å². The SMILES string of the molecule is CCNC(c1cc(Cl)cc(Br)c1)c1cc(Cl)ccc1OC. The summed E-state index contributed by atoms with van der Waals surface area (Å²) in [7, 11) is 1.66. The van der Waals surface area contributed by atoms with Gasteiger partial charge in [0, 0.05) is 20.1 Å². The van der Waals surface area contributed by atoms with Crippen LogP contribution in [0.3, 0.4) is 0 Å². The van der Waals surface area contributed by atoms with Gasteiger partial charge in [0.05, 0.1) is 13.2 Å². The summed E-state index contributed by atoms with van der Waals surface area (Å²) < 4.78 is 6.41. The molecule has 5 heteroatoms. The van der Waals surface area contributed by atoms with Gasteiger partial charge in [-0.15, -0.1) is 0 Å². The van der Waals surface area contributed by atoms with Crippen LogP contribution in [0.2, 0.25) is 10.0 Å². The molecule has 0 saturated carbocycles. The van der Waals surface area contributed by atoms with Crippen LogP contribution in [-0.2, 0) is 0 Å². The van der Waals surface area contributed by atoms with Gasteiger partial charge in [0.15, 0.2) is 0 Å². The van der Waals surface area contributed by atoms with E-state index in [4.69, 9.17) is 27.9 Å². The summed E-state index contributed by atoms with van der Waals surface area (Å²) in [5.41, 5.74) is 2.04. The highest BCUT2D eigenvalue weighted by Gasteiger charge is 2.18. The average Bonchev–Trinajstić information content (AvgIpc) is 2.43. The standard InChI is InChI=1S/C16H16BrCl2NO/c1-3-20-16(10-6-11(17)8-13(19)7-10)14-9-12(18)4-5-15(14)21-2/h4-9,16,20H,3H2,1-2H3. The third kappa shape index (κ3) is 4.13. The fourth-order valence-electron chi connectivity index (χ4n) is 2.28. The molecule has 21 heavy (non-hydrogen) atoms. The van der Waals surface area contributed by atoms with Crippen LogP contribution in [-0.4, -0.2) is 13.7 Å². The van der Waals surface area contributed by atoms with Gasteiger partial charge in [-0.25, -0.2) is 0 Å². The number of rotatable bonds is 5. The third-order valence-electron chi connectivity index (χ3n) is 3.13. The second kappa shape index (κ2) is 7.50. The number of hydrogen-bond donors (Lipinski definition) is 1. The number of hydrogen-bond acceptors (Lipinski definition) is 2. The molecule has 2 aromatic carbocycles. The normalized spacial score (nSPS) is 12.2. The van der Waals surface area contributed by atoms with E-state index in [1.54, 1.807) is 7.11 Å². The highest BCUT2D eigenvalue weighted by Crippen LogP contribution is 2.34. The molecule has 0 spiro atoms. The highest BCUT2D eigenvalue weighted by molar-refractivity contribution is 9.10. The van der Waals surface area contributed by atoms with Crippen molar-refractivity contribution in [1.29, 1.82) is 0 Å². The Morgan fingerprint density at radius 1 is 1.14 bits per heavy atom. The van der Waals surface area contributed by atoms with E-state index in [-0.39, 0.29) is 6.04 Å². The summed E-state index contributed by atoms with van der Waals surface area (Å²) in [4.78, 5) is 0. The van der Waals surface area contributed by atoms with Crippen LogP contribution in [0.4, 0.5) is 0 Å². The monoisotopic (exact) mass is 387 g/mol. The van der Waals surface area contributed by atoms with Gasteiger partial charge in [0.2, 0.25) is 0 Å². The zero-order valence-corrected chi connectivity index (χ0v) is 14.9.